The monoisotopic (exact) mass is 566 g/mol. The highest BCUT2D eigenvalue weighted by Crippen LogP contribution is 2.41. The number of aliphatic hydroxyl groups is 6. The van der Waals surface area contributed by atoms with Gasteiger partial charge in [0.2, 0.25) is 6.29 Å². The van der Waals surface area contributed by atoms with Crippen molar-refractivity contribution in [3.05, 3.63) is 41.5 Å². The first-order chi connectivity index (χ1) is 19.1. The van der Waals surface area contributed by atoms with Gasteiger partial charge in [-0.25, -0.2) is 0 Å². The zero-order chi connectivity index (χ0) is 28.7. The lowest BCUT2D eigenvalue weighted by molar-refractivity contribution is -0.341. The van der Waals surface area contributed by atoms with Gasteiger partial charge in [0.1, 0.15) is 53.3 Å². The Bertz CT molecular complexity index is 1150. The van der Waals surface area contributed by atoms with Crippen LogP contribution in [0.5, 0.6) is 17.2 Å². The number of phenolic OH excluding ortho intramolecular Hbond substituents is 1. The summed E-state index contributed by atoms with van der Waals surface area (Å²) in [4.78, 5) is 12.9. The third-order valence-corrected chi connectivity index (χ3v) is 7.55. The maximum atomic E-state index is 12.9. The molecule has 1 aromatic carbocycles. The van der Waals surface area contributed by atoms with Gasteiger partial charge in [0.05, 0.1) is 31.8 Å². The molecule has 2 fully saturated rings. The minimum atomic E-state index is -1.67. The van der Waals surface area contributed by atoms with Gasteiger partial charge in [-0.1, -0.05) is 25.2 Å². The molecular formula is C27H34O13. The zero-order valence-corrected chi connectivity index (χ0v) is 21.6. The number of ether oxygens (including phenoxy) is 5. The molecule has 4 aliphatic rings. The van der Waals surface area contributed by atoms with Crippen LogP contribution in [0.1, 0.15) is 30.1 Å². The maximum absolute atomic E-state index is 12.9. The number of rotatable bonds is 6. The van der Waals surface area contributed by atoms with Crippen molar-refractivity contribution in [2.75, 3.05) is 13.2 Å². The molecule has 0 radical (unpaired) electrons. The number of carbonyl (C=O) groups is 1. The molecule has 0 aromatic heterocycles. The Hall–Kier alpha value is -2.59. The Labute approximate surface area is 229 Å². The summed E-state index contributed by atoms with van der Waals surface area (Å²) in [6.45, 7) is 1.06. The highest BCUT2D eigenvalue weighted by molar-refractivity contribution is 6.03. The molecule has 220 valence electrons. The molecule has 0 bridgehead atoms. The molecule has 5 rings (SSSR count). The van der Waals surface area contributed by atoms with Crippen molar-refractivity contribution >= 4 is 5.78 Å². The van der Waals surface area contributed by atoms with Crippen LogP contribution < -0.4 is 9.47 Å². The van der Waals surface area contributed by atoms with E-state index < -0.39 is 73.8 Å². The van der Waals surface area contributed by atoms with Crippen LogP contribution in [-0.4, -0.2) is 116 Å². The average molecular weight is 567 g/mol. The third kappa shape index (κ3) is 5.62. The molecule has 1 aromatic rings. The summed E-state index contributed by atoms with van der Waals surface area (Å²) in [5.74, 6) is -1.18. The van der Waals surface area contributed by atoms with E-state index in [9.17, 15) is 40.5 Å². The molecule has 11 unspecified atom stereocenters. The largest absolute Gasteiger partial charge is 0.507 e. The number of ketones is 1. The van der Waals surface area contributed by atoms with Gasteiger partial charge in [-0.3, -0.25) is 4.79 Å². The minimum Gasteiger partial charge on any atom is -0.507 e. The maximum Gasteiger partial charge on any atom is 0.229 e. The SMILES string of the molecule is CC1COC(OC2C(Oc3cc(O)c4c(c3)OC(C3=CCC(O)C=C3)CC4=O)OC(CO)C(O)C2O)C(O)C1O. The van der Waals surface area contributed by atoms with Crippen molar-refractivity contribution in [1.29, 1.82) is 0 Å². The predicted molar refractivity (Wildman–Crippen MR) is 133 cm³/mol. The molecule has 1 aliphatic carbocycles. The van der Waals surface area contributed by atoms with Gasteiger partial charge in [-0.2, -0.15) is 0 Å². The lowest BCUT2D eigenvalue weighted by Crippen LogP contribution is -2.63. The van der Waals surface area contributed by atoms with Gasteiger partial charge in [-0.05, 0) is 12.0 Å². The van der Waals surface area contributed by atoms with Crippen molar-refractivity contribution in [3.63, 3.8) is 0 Å². The van der Waals surface area contributed by atoms with Crippen LogP contribution in [0.25, 0.3) is 0 Å². The van der Waals surface area contributed by atoms with Gasteiger partial charge in [0, 0.05) is 18.1 Å². The van der Waals surface area contributed by atoms with Crippen LogP contribution in [0, 0.1) is 5.92 Å². The lowest BCUT2D eigenvalue weighted by atomic mass is 9.92. The number of aromatic hydroxyl groups is 1. The van der Waals surface area contributed by atoms with Crippen LogP contribution in [0.15, 0.2) is 35.9 Å². The Kier molecular flexibility index (Phi) is 8.47. The van der Waals surface area contributed by atoms with Crippen molar-refractivity contribution in [2.24, 2.45) is 5.92 Å². The van der Waals surface area contributed by atoms with E-state index in [4.69, 9.17) is 23.7 Å². The first kappa shape index (κ1) is 28.9. The number of benzene rings is 1. The number of fused-ring (bicyclic) bond motifs is 1. The molecule has 3 heterocycles. The van der Waals surface area contributed by atoms with Crippen molar-refractivity contribution in [3.8, 4) is 17.2 Å². The molecule has 3 aliphatic heterocycles. The van der Waals surface area contributed by atoms with Crippen LogP contribution in [0.4, 0.5) is 0 Å². The Balaban J connectivity index is 1.39. The van der Waals surface area contributed by atoms with Crippen molar-refractivity contribution in [2.45, 2.75) is 81.2 Å². The molecule has 11 atom stereocenters. The van der Waals surface area contributed by atoms with E-state index in [1.54, 1.807) is 25.2 Å². The summed E-state index contributed by atoms with van der Waals surface area (Å²) in [5, 5.41) is 71.9. The number of Topliss-reactive ketones (excluding diaryl/α,β-unsaturated/α-hetero) is 1. The molecule has 40 heavy (non-hydrogen) atoms. The molecule has 0 amide bonds. The van der Waals surface area contributed by atoms with Crippen LogP contribution >= 0.6 is 0 Å². The van der Waals surface area contributed by atoms with E-state index >= 15 is 0 Å². The number of aliphatic hydroxyl groups excluding tert-OH is 6. The smallest absolute Gasteiger partial charge is 0.229 e. The van der Waals surface area contributed by atoms with Crippen molar-refractivity contribution in [1.82, 2.24) is 0 Å². The first-order valence-electron chi connectivity index (χ1n) is 13.1. The first-order valence-corrected chi connectivity index (χ1v) is 13.1. The molecule has 0 saturated carbocycles. The Morgan fingerprint density at radius 1 is 1.02 bits per heavy atom. The highest BCUT2D eigenvalue weighted by atomic mass is 16.7. The van der Waals surface area contributed by atoms with Gasteiger partial charge in [0.15, 0.2) is 18.2 Å². The van der Waals surface area contributed by atoms with E-state index in [1.165, 1.54) is 6.07 Å². The average Bonchev–Trinajstić information content (AvgIpc) is 2.92. The summed E-state index contributed by atoms with van der Waals surface area (Å²) in [7, 11) is 0. The topological polar surface area (TPSA) is 205 Å². The molecular weight excluding hydrogens is 532 g/mol. The van der Waals surface area contributed by atoms with E-state index in [2.05, 4.69) is 0 Å². The number of phenols is 1. The standard InChI is InChI=1S/C27H34O13/c1-11-10-36-26(24(35)21(11)32)40-25-23(34)22(33)19(9-28)39-27(25)37-14-6-15(30)20-16(31)8-17(38-18(20)7-14)12-2-4-13(29)5-3-12/h2-4,6-7,11,13,17,19,21-30,32-35H,5,8-10H2,1H3. The van der Waals surface area contributed by atoms with E-state index in [-0.39, 0.29) is 41.8 Å². The summed E-state index contributed by atoms with van der Waals surface area (Å²) in [5.41, 5.74) is 0.663. The molecule has 13 heteroatoms. The molecule has 7 N–H and O–H groups in total. The van der Waals surface area contributed by atoms with E-state index in [0.717, 1.165) is 6.07 Å². The van der Waals surface area contributed by atoms with Gasteiger partial charge in [0.25, 0.3) is 0 Å². The summed E-state index contributed by atoms with van der Waals surface area (Å²) < 4.78 is 28.8. The molecule has 2 saturated heterocycles. The second-order valence-corrected chi connectivity index (χ2v) is 10.5. The summed E-state index contributed by atoms with van der Waals surface area (Å²) in [6, 6.07) is 2.50. The fraction of sp³-hybridized carbons (Fsp3) is 0.593. The Morgan fingerprint density at radius 2 is 1.80 bits per heavy atom. The summed E-state index contributed by atoms with van der Waals surface area (Å²) >= 11 is 0. The zero-order valence-electron chi connectivity index (χ0n) is 21.6. The molecule has 13 nitrogen and oxygen atoms in total. The second-order valence-electron chi connectivity index (χ2n) is 10.5. The fourth-order valence-corrected chi connectivity index (χ4v) is 5.18. The second kappa shape index (κ2) is 11.7. The number of hydrogen-bond acceptors (Lipinski definition) is 13. The Morgan fingerprint density at radius 3 is 2.50 bits per heavy atom. The molecule has 0 spiro atoms. The lowest BCUT2D eigenvalue weighted by Gasteiger charge is -2.44. The van der Waals surface area contributed by atoms with Crippen molar-refractivity contribution < 1.29 is 64.2 Å². The van der Waals surface area contributed by atoms with E-state index in [0.29, 0.717) is 12.0 Å². The van der Waals surface area contributed by atoms with Crippen LogP contribution in [-0.2, 0) is 14.2 Å². The third-order valence-electron chi connectivity index (χ3n) is 7.55. The minimum absolute atomic E-state index is 0.0227. The normalized spacial score (nSPS) is 39.7. The van der Waals surface area contributed by atoms with E-state index in [1.807, 2.05) is 0 Å². The highest BCUT2D eigenvalue weighted by Gasteiger charge is 2.49. The number of hydrogen-bond donors (Lipinski definition) is 7. The van der Waals surface area contributed by atoms with Gasteiger partial charge < -0.3 is 59.4 Å². The quantitative estimate of drug-likeness (QED) is 0.218. The number of carbonyl (C=O) groups excluding carboxylic acids is 1. The van der Waals surface area contributed by atoms with Gasteiger partial charge >= 0.3 is 0 Å². The van der Waals surface area contributed by atoms with Gasteiger partial charge in [-0.15, -0.1) is 0 Å². The fourth-order valence-electron chi connectivity index (χ4n) is 5.18. The van der Waals surface area contributed by atoms with Crippen LogP contribution in [0.2, 0.25) is 0 Å². The van der Waals surface area contributed by atoms with Crippen LogP contribution in [0.3, 0.4) is 0 Å². The summed E-state index contributed by atoms with van der Waals surface area (Å²) in [6.07, 6.45) is -7.43. The predicted octanol–water partition coefficient (Wildman–Crippen LogP) is -1.11.